The molecule has 1 rings (SSSR count). The van der Waals surface area contributed by atoms with Crippen LogP contribution in [0.3, 0.4) is 0 Å². The summed E-state index contributed by atoms with van der Waals surface area (Å²) in [5, 5.41) is 0. The molecule has 0 unspecified atom stereocenters. The Morgan fingerprint density at radius 2 is 1.60 bits per heavy atom. The molecule has 0 atom stereocenters. The Hall–Kier alpha value is -0.0831. The molecular weight excluding hydrogens is 200 g/mol. The number of rotatable bonds is 4. The van der Waals surface area contributed by atoms with Crippen molar-refractivity contribution in [2.75, 3.05) is 0 Å². The molecule has 0 bridgehead atoms. The van der Waals surface area contributed by atoms with Gasteiger partial charge >= 0.3 is 0 Å². The van der Waals surface area contributed by atoms with Crippen LogP contribution in [-0.4, -0.2) is 14.6 Å². The minimum Gasteiger partial charge on any atom is -0.411 e. The molecule has 1 aliphatic rings. The van der Waals surface area contributed by atoms with E-state index in [9.17, 15) is 0 Å². The molecule has 2 heteroatoms. The summed E-state index contributed by atoms with van der Waals surface area (Å²) in [5.74, 6) is 0. The highest BCUT2D eigenvalue weighted by atomic mass is 28.3. The molecule has 0 spiro atoms. The summed E-state index contributed by atoms with van der Waals surface area (Å²) < 4.78 is 6.37. The Bertz CT molecular complexity index is 215. The molecule has 0 aromatic carbocycles. The van der Waals surface area contributed by atoms with E-state index in [-0.39, 0.29) is 11.0 Å². The lowest BCUT2D eigenvalue weighted by atomic mass is 9.78. The standard InChI is InChI=1S/C13H25OSi/c1-6-12(2,3)13(4,5)14-15-10-8-7-9-11-15/h6H,1,7-11H2,2-5H3. The van der Waals surface area contributed by atoms with E-state index in [0.29, 0.717) is 0 Å². The minimum absolute atomic E-state index is 0.0577. The Morgan fingerprint density at radius 1 is 1.07 bits per heavy atom. The van der Waals surface area contributed by atoms with Gasteiger partial charge in [-0.3, -0.25) is 0 Å². The van der Waals surface area contributed by atoms with E-state index in [1.165, 1.54) is 31.4 Å². The highest BCUT2D eigenvalue weighted by Crippen LogP contribution is 2.37. The van der Waals surface area contributed by atoms with Crippen LogP contribution in [0.25, 0.3) is 0 Å². The Labute approximate surface area is 96.6 Å². The zero-order chi connectivity index (χ0) is 11.5. The van der Waals surface area contributed by atoms with Gasteiger partial charge in [0, 0.05) is 5.41 Å². The summed E-state index contributed by atoms with van der Waals surface area (Å²) in [6.45, 7) is 12.8. The maximum Gasteiger partial charge on any atom is 0.212 e. The van der Waals surface area contributed by atoms with Crippen LogP contribution in [0.5, 0.6) is 0 Å². The molecule has 1 radical (unpaired) electrons. The first-order chi connectivity index (χ1) is 6.89. The van der Waals surface area contributed by atoms with Gasteiger partial charge < -0.3 is 4.43 Å². The van der Waals surface area contributed by atoms with Crippen LogP contribution in [0.4, 0.5) is 0 Å². The van der Waals surface area contributed by atoms with Crippen LogP contribution in [0, 0.1) is 5.41 Å². The third-order valence-electron chi connectivity index (χ3n) is 3.87. The molecule has 1 fully saturated rings. The molecule has 1 heterocycles. The van der Waals surface area contributed by atoms with E-state index in [2.05, 4.69) is 34.3 Å². The van der Waals surface area contributed by atoms with Gasteiger partial charge in [-0.25, -0.2) is 0 Å². The second-order valence-electron chi connectivity index (χ2n) is 5.64. The summed E-state index contributed by atoms with van der Waals surface area (Å²) >= 11 is 0. The van der Waals surface area contributed by atoms with Gasteiger partial charge in [0.05, 0.1) is 5.60 Å². The normalized spacial score (nSPS) is 20.3. The zero-order valence-corrected chi connectivity index (χ0v) is 11.7. The van der Waals surface area contributed by atoms with Crippen molar-refractivity contribution < 1.29 is 4.43 Å². The molecule has 0 N–H and O–H groups in total. The van der Waals surface area contributed by atoms with E-state index in [1.54, 1.807) is 0 Å². The van der Waals surface area contributed by atoms with E-state index in [0.717, 1.165) is 0 Å². The number of hydrogen-bond acceptors (Lipinski definition) is 1. The molecule has 1 nitrogen and oxygen atoms in total. The zero-order valence-electron chi connectivity index (χ0n) is 10.7. The van der Waals surface area contributed by atoms with Crippen LogP contribution in [-0.2, 0) is 4.43 Å². The summed E-state index contributed by atoms with van der Waals surface area (Å²) in [4.78, 5) is 0. The summed E-state index contributed by atoms with van der Waals surface area (Å²) in [6.07, 6.45) is 6.18. The van der Waals surface area contributed by atoms with Crippen molar-refractivity contribution in [1.82, 2.24) is 0 Å². The quantitative estimate of drug-likeness (QED) is 0.515. The molecule has 15 heavy (non-hydrogen) atoms. The fraction of sp³-hybridized carbons (Fsp3) is 0.846. The van der Waals surface area contributed by atoms with E-state index >= 15 is 0 Å². The molecule has 87 valence electrons. The van der Waals surface area contributed by atoms with Gasteiger partial charge in [0.25, 0.3) is 0 Å². The third-order valence-corrected chi connectivity index (χ3v) is 6.49. The van der Waals surface area contributed by atoms with Gasteiger partial charge in [-0.1, -0.05) is 39.2 Å². The maximum atomic E-state index is 6.37. The van der Waals surface area contributed by atoms with Gasteiger partial charge in [0.1, 0.15) is 0 Å². The smallest absolute Gasteiger partial charge is 0.212 e. The first kappa shape index (κ1) is 13.0. The first-order valence-electron chi connectivity index (χ1n) is 6.06. The molecule has 1 aliphatic heterocycles. The average Bonchev–Trinajstić information content (AvgIpc) is 2.18. The van der Waals surface area contributed by atoms with Gasteiger partial charge in [0.15, 0.2) is 0 Å². The summed E-state index contributed by atoms with van der Waals surface area (Å²) in [6, 6.07) is 2.67. The van der Waals surface area contributed by atoms with Crippen LogP contribution < -0.4 is 0 Å². The Balaban J connectivity index is 2.57. The predicted octanol–water partition coefficient (Wildman–Crippen LogP) is 4.17. The fourth-order valence-electron chi connectivity index (χ4n) is 1.79. The monoisotopic (exact) mass is 225 g/mol. The molecule has 0 aromatic rings. The van der Waals surface area contributed by atoms with Crippen molar-refractivity contribution in [3.05, 3.63) is 12.7 Å². The summed E-state index contributed by atoms with van der Waals surface area (Å²) in [7, 11) is -0.545. The Kier molecular flexibility index (Phi) is 4.18. The molecule has 1 saturated heterocycles. The van der Waals surface area contributed by atoms with Gasteiger partial charge in [-0.05, 0) is 25.9 Å². The lowest BCUT2D eigenvalue weighted by Gasteiger charge is -2.42. The largest absolute Gasteiger partial charge is 0.411 e. The molecular formula is C13H25OSi. The molecule has 0 amide bonds. The van der Waals surface area contributed by atoms with Crippen LogP contribution in [0.15, 0.2) is 12.7 Å². The van der Waals surface area contributed by atoms with E-state index < -0.39 is 9.04 Å². The average molecular weight is 225 g/mol. The summed E-state index contributed by atoms with van der Waals surface area (Å²) in [5.41, 5.74) is -0.0114. The second kappa shape index (κ2) is 4.83. The Morgan fingerprint density at radius 3 is 2.07 bits per heavy atom. The highest BCUT2D eigenvalue weighted by molar-refractivity contribution is 6.52. The maximum absolute atomic E-state index is 6.37. The molecule has 0 aromatic heterocycles. The third kappa shape index (κ3) is 3.18. The second-order valence-corrected chi connectivity index (χ2v) is 7.92. The van der Waals surface area contributed by atoms with Crippen molar-refractivity contribution >= 4 is 9.04 Å². The minimum atomic E-state index is -0.545. The number of hydrogen-bond donors (Lipinski definition) is 0. The van der Waals surface area contributed by atoms with Gasteiger partial charge in [0.2, 0.25) is 9.04 Å². The van der Waals surface area contributed by atoms with Crippen LogP contribution in [0.2, 0.25) is 12.1 Å². The molecule has 0 aliphatic carbocycles. The lowest BCUT2D eigenvalue weighted by Crippen LogP contribution is -2.44. The first-order valence-corrected chi connectivity index (χ1v) is 7.88. The van der Waals surface area contributed by atoms with Crippen molar-refractivity contribution in [2.45, 2.75) is 64.6 Å². The van der Waals surface area contributed by atoms with Crippen molar-refractivity contribution in [3.63, 3.8) is 0 Å². The SMILES string of the molecule is C=CC(C)(C)C(C)(C)O[Si]1CCCCC1. The van der Waals surface area contributed by atoms with Gasteiger partial charge in [-0.2, -0.15) is 0 Å². The van der Waals surface area contributed by atoms with Crippen molar-refractivity contribution in [3.8, 4) is 0 Å². The topological polar surface area (TPSA) is 9.23 Å². The fourth-order valence-corrected chi connectivity index (χ4v) is 4.51. The van der Waals surface area contributed by atoms with E-state index in [4.69, 9.17) is 4.43 Å². The lowest BCUT2D eigenvalue weighted by molar-refractivity contribution is 0.0136. The van der Waals surface area contributed by atoms with Crippen LogP contribution in [0.1, 0.15) is 47.0 Å². The molecule has 0 saturated carbocycles. The van der Waals surface area contributed by atoms with Crippen molar-refractivity contribution in [2.24, 2.45) is 5.41 Å². The van der Waals surface area contributed by atoms with Crippen LogP contribution >= 0.6 is 0 Å². The van der Waals surface area contributed by atoms with E-state index in [1.807, 2.05) is 6.08 Å². The van der Waals surface area contributed by atoms with Gasteiger partial charge in [-0.15, -0.1) is 6.58 Å². The predicted molar refractivity (Wildman–Crippen MR) is 68.4 cm³/mol. The van der Waals surface area contributed by atoms with Crippen molar-refractivity contribution in [1.29, 1.82) is 0 Å². The highest BCUT2D eigenvalue weighted by Gasteiger charge is 2.37.